The molecule has 1 nitrogen and oxygen atoms in total. The van der Waals surface area contributed by atoms with Crippen molar-refractivity contribution in [3.63, 3.8) is 0 Å². The first-order valence-electron chi connectivity index (χ1n) is 5.62. The average Bonchev–Trinajstić information content (AvgIpc) is 2.35. The molecule has 0 aromatic heterocycles. The maximum absolute atomic E-state index is 6.29. The molecule has 0 spiro atoms. The molecule has 0 saturated heterocycles. The van der Waals surface area contributed by atoms with Gasteiger partial charge in [0.15, 0.2) is 0 Å². The highest BCUT2D eigenvalue weighted by Crippen LogP contribution is 2.28. The standard InChI is InChI=1S/C14H11BrCl2IN/c15-9-2-4-13(18)11(6-9)14(19)5-8-1-3-10(16)7-12(8)17/h1-4,6-7,14H,5,19H2. The normalized spacial score (nSPS) is 12.5. The second-order valence-electron chi connectivity index (χ2n) is 4.21. The van der Waals surface area contributed by atoms with E-state index in [-0.39, 0.29) is 6.04 Å². The van der Waals surface area contributed by atoms with Crippen LogP contribution in [0.1, 0.15) is 17.2 Å². The summed E-state index contributed by atoms with van der Waals surface area (Å²) >= 11 is 17.8. The highest BCUT2D eigenvalue weighted by atomic mass is 127. The van der Waals surface area contributed by atoms with Gasteiger partial charge in [-0.1, -0.05) is 45.2 Å². The predicted molar refractivity (Wildman–Crippen MR) is 94.0 cm³/mol. The van der Waals surface area contributed by atoms with E-state index in [2.05, 4.69) is 44.6 Å². The Labute approximate surface area is 144 Å². The first-order chi connectivity index (χ1) is 8.97. The first kappa shape index (κ1) is 15.6. The van der Waals surface area contributed by atoms with Crippen LogP contribution in [0.4, 0.5) is 0 Å². The second-order valence-corrected chi connectivity index (χ2v) is 7.13. The van der Waals surface area contributed by atoms with Gasteiger partial charge < -0.3 is 5.73 Å². The molecule has 0 aliphatic carbocycles. The molecule has 1 atom stereocenters. The predicted octanol–water partition coefficient (Wildman–Crippen LogP) is 5.60. The molecule has 2 rings (SSSR count). The number of halogens is 4. The zero-order valence-corrected chi connectivity index (χ0v) is 15.1. The Kier molecular flexibility index (Phi) is 5.55. The maximum Gasteiger partial charge on any atom is 0.0453 e. The Morgan fingerprint density at radius 2 is 1.89 bits per heavy atom. The van der Waals surface area contributed by atoms with E-state index < -0.39 is 0 Å². The third kappa shape index (κ3) is 4.08. The minimum Gasteiger partial charge on any atom is -0.324 e. The molecule has 0 fully saturated rings. The van der Waals surface area contributed by atoms with Gasteiger partial charge in [0.1, 0.15) is 0 Å². The third-order valence-corrected chi connectivity index (χ3v) is 4.88. The van der Waals surface area contributed by atoms with Crippen molar-refractivity contribution in [2.75, 3.05) is 0 Å². The van der Waals surface area contributed by atoms with Gasteiger partial charge in [-0.15, -0.1) is 0 Å². The summed E-state index contributed by atoms with van der Waals surface area (Å²) in [5, 5.41) is 1.30. The SMILES string of the molecule is NC(Cc1ccc(Cl)cc1Cl)c1cc(Br)ccc1I. The highest BCUT2D eigenvalue weighted by molar-refractivity contribution is 14.1. The van der Waals surface area contributed by atoms with E-state index in [0.717, 1.165) is 19.2 Å². The molecule has 2 N–H and O–H groups in total. The summed E-state index contributed by atoms with van der Waals surface area (Å²) in [4.78, 5) is 0. The fourth-order valence-corrected chi connectivity index (χ4v) is 3.43. The smallest absolute Gasteiger partial charge is 0.0453 e. The van der Waals surface area contributed by atoms with Crippen LogP contribution in [-0.2, 0) is 6.42 Å². The molecule has 0 heterocycles. The summed E-state index contributed by atoms with van der Waals surface area (Å²) < 4.78 is 2.18. The Morgan fingerprint density at radius 3 is 2.58 bits per heavy atom. The molecule has 19 heavy (non-hydrogen) atoms. The summed E-state index contributed by atoms with van der Waals surface area (Å²) in [5.74, 6) is 0. The molecular formula is C14H11BrCl2IN. The van der Waals surface area contributed by atoms with Crippen molar-refractivity contribution in [3.8, 4) is 0 Å². The van der Waals surface area contributed by atoms with Crippen LogP contribution < -0.4 is 5.73 Å². The monoisotopic (exact) mass is 469 g/mol. The molecule has 0 amide bonds. The van der Waals surface area contributed by atoms with Crippen LogP contribution in [0.15, 0.2) is 40.9 Å². The second kappa shape index (κ2) is 6.76. The van der Waals surface area contributed by atoms with E-state index in [1.165, 1.54) is 0 Å². The van der Waals surface area contributed by atoms with E-state index in [4.69, 9.17) is 28.9 Å². The van der Waals surface area contributed by atoms with E-state index in [0.29, 0.717) is 16.5 Å². The van der Waals surface area contributed by atoms with Crippen LogP contribution in [0.25, 0.3) is 0 Å². The van der Waals surface area contributed by atoms with Crippen molar-refractivity contribution in [2.45, 2.75) is 12.5 Å². The van der Waals surface area contributed by atoms with Gasteiger partial charge in [-0.2, -0.15) is 0 Å². The fraction of sp³-hybridized carbons (Fsp3) is 0.143. The van der Waals surface area contributed by atoms with Crippen molar-refractivity contribution in [2.24, 2.45) is 5.73 Å². The maximum atomic E-state index is 6.29. The van der Waals surface area contributed by atoms with Gasteiger partial charge in [0.2, 0.25) is 0 Å². The summed E-state index contributed by atoms with van der Waals surface area (Å²) in [6.45, 7) is 0. The molecule has 0 saturated carbocycles. The Morgan fingerprint density at radius 1 is 1.16 bits per heavy atom. The molecule has 0 bridgehead atoms. The summed E-state index contributed by atoms with van der Waals surface area (Å²) in [5.41, 5.74) is 8.41. The van der Waals surface area contributed by atoms with E-state index in [1.807, 2.05) is 24.3 Å². The van der Waals surface area contributed by atoms with Crippen molar-refractivity contribution >= 4 is 61.7 Å². The summed E-state index contributed by atoms with van der Waals surface area (Å²) in [6, 6.07) is 11.5. The summed E-state index contributed by atoms with van der Waals surface area (Å²) in [7, 11) is 0. The molecule has 2 aromatic rings. The van der Waals surface area contributed by atoms with Gasteiger partial charge in [-0.25, -0.2) is 0 Å². The number of benzene rings is 2. The van der Waals surface area contributed by atoms with Crippen LogP contribution in [0.5, 0.6) is 0 Å². The lowest BCUT2D eigenvalue weighted by molar-refractivity contribution is 0.717. The van der Waals surface area contributed by atoms with E-state index in [9.17, 15) is 0 Å². The lowest BCUT2D eigenvalue weighted by Gasteiger charge is -2.15. The van der Waals surface area contributed by atoms with Crippen molar-refractivity contribution < 1.29 is 0 Å². The van der Waals surface area contributed by atoms with Gasteiger partial charge in [-0.3, -0.25) is 0 Å². The lowest BCUT2D eigenvalue weighted by Crippen LogP contribution is -2.15. The molecular weight excluding hydrogens is 460 g/mol. The molecule has 0 radical (unpaired) electrons. The first-order valence-corrected chi connectivity index (χ1v) is 8.24. The van der Waals surface area contributed by atoms with Gasteiger partial charge in [-0.05, 0) is 70.5 Å². The Balaban J connectivity index is 2.25. The van der Waals surface area contributed by atoms with Crippen LogP contribution in [0, 0.1) is 3.57 Å². The van der Waals surface area contributed by atoms with Gasteiger partial charge >= 0.3 is 0 Å². The van der Waals surface area contributed by atoms with Crippen LogP contribution in [-0.4, -0.2) is 0 Å². The van der Waals surface area contributed by atoms with Crippen molar-refractivity contribution in [1.29, 1.82) is 0 Å². The van der Waals surface area contributed by atoms with Gasteiger partial charge in [0.25, 0.3) is 0 Å². The number of hydrogen-bond acceptors (Lipinski definition) is 1. The van der Waals surface area contributed by atoms with Gasteiger partial charge in [0.05, 0.1) is 0 Å². The number of hydrogen-bond donors (Lipinski definition) is 1. The largest absolute Gasteiger partial charge is 0.324 e. The van der Waals surface area contributed by atoms with Crippen LogP contribution >= 0.6 is 61.7 Å². The van der Waals surface area contributed by atoms with Crippen LogP contribution in [0.3, 0.4) is 0 Å². The topological polar surface area (TPSA) is 26.0 Å². The molecule has 2 aromatic carbocycles. The van der Waals surface area contributed by atoms with Crippen molar-refractivity contribution in [3.05, 3.63) is 65.6 Å². The number of nitrogens with two attached hydrogens (primary N) is 1. The quantitative estimate of drug-likeness (QED) is 0.580. The highest BCUT2D eigenvalue weighted by Gasteiger charge is 2.13. The zero-order chi connectivity index (χ0) is 14.0. The van der Waals surface area contributed by atoms with Crippen LogP contribution in [0.2, 0.25) is 10.0 Å². The Bertz CT molecular complexity index is 604. The zero-order valence-electron chi connectivity index (χ0n) is 9.84. The fourth-order valence-electron chi connectivity index (χ4n) is 1.83. The van der Waals surface area contributed by atoms with E-state index >= 15 is 0 Å². The average molecular weight is 471 g/mol. The third-order valence-electron chi connectivity index (χ3n) is 2.81. The van der Waals surface area contributed by atoms with Crippen molar-refractivity contribution in [1.82, 2.24) is 0 Å². The molecule has 100 valence electrons. The minimum atomic E-state index is -0.0944. The molecule has 1 unspecified atom stereocenters. The molecule has 0 aliphatic rings. The Hall–Kier alpha value is 0.190. The van der Waals surface area contributed by atoms with E-state index in [1.54, 1.807) is 6.07 Å². The lowest BCUT2D eigenvalue weighted by atomic mass is 10.00. The number of rotatable bonds is 3. The molecule has 5 heteroatoms. The van der Waals surface area contributed by atoms with Gasteiger partial charge in [0, 0.05) is 24.1 Å². The molecule has 0 aliphatic heterocycles. The summed E-state index contributed by atoms with van der Waals surface area (Å²) in [6.07, 6.45) is 0.683. The minimum absolute atomic E-state index is 0.0944.